The van der Waals surface area contributed by atoms with Crippen LogP contribution in [0.25, 0.3) is 5.53 Å². The van der Waals surface area contributed by atoms with Gasteiger partial charge in [0.25, 0.3) is 0 Å². The average Bonchev–Trinajstić information content (AvgIpc) is 1.91. The number of carbonyl (C=O) groups excluding carboxylic acids is 1. The van der Waals surface area contributed by atoms with Crippen LogP contribution >= 0.6 is 0 Å². The van der Waals surface area contributed by atoms with E-state index in [-0.39, 0.29) is 5.71 Å². The molecule has 0 atom stereocenters. The Morgan fingerprint density at radius 1 is 1.60 bits per heavy atom. The van der Waals surface area contributed by atoms with Crippen molar-refractivity contribution in [3.8, 4) is 0 Å². The van der Waals surface area contributed by atoms with Crippen LogP contribution in [-0.2, 0) is 9.53 Å². The van der Waals surface area contributed by atoms with Gasteiger partial charge < -0.3 is 10.3 Å². The van der Waals surface area contributed by atoms with Gasteiger partial charge in [0.05, 0.1) is 13.0 Å². The second kappa shape index (κ2) is 4.70. The number of nitrogens with zero attached hydrogens (tertiary/aromatic N) is 2. The first-order valence-corrected chi connectivity index (χ1v) is 3.14. The summed E-state index contributed by atoms with van der Waals surface area (Å²) in [4.78, 5) is 13.5. The van der Waals surface area contributed by atoms with Gasteiger partial charge in [0.1, 0.15) is 0 Å². The summed E-state index contributed by atoms with van der Waals surface area (Å²) in [6.07, 6.45) is 0.384. The predicted octanol–water partition coefficient (Wildman–Crippen LogP) is 0.630. The van der Waals surface area contributed by atoms with E-state index in [1.165, 1.54) is 0 Å². The van der Waals surface area contributed by atoms with Crippen LogP contribution in [-0.4, -0.2) is 23.1 Å². The molecule has 0 amide bonds. The van der Waals surface area contributed by atoms with Gasteiger partial charge in [0, 0.05) is 0 Å². The topological polar surface area (TPSA) is 62.7 Å². The molecule has 0 fully saturated rings. The maximum absolute atomic E-state index is 10.7. The highest BCUT2D eigenvalue weighted by atomic mass is 16.5. The second-order valence-corrected chi connectivity index (χ2v) is 1.62. The SMILES string of the molecule is CCOC(=O)C(CC)=[N+]=[N-]. The van der Waals surface area contributed by atoms with Crippen molar-refractivity contribution in [1.29, 1.82) is 0 Å². The van der Waals surface area contributed by atoms with Crippen molar-refractivity contribution in [3.05, 3.63) is 5.53 Å². The first kappa shape index (κ1) is 8.85. The number of carbonyl (C=O) groups is 1. The summed E-state index contributed by atoms with van der Waals surface area (Å²) in [5.74, 6) is -0.549. The Morgan fingerprint density at radius 3 is 2.50 bits per heavy atom. The third-order valence-corrected chi connectivity index (χ3v) is 0.967. The van der Waals surface area contributed by atoms with E-state index >= 15 is 0 Å². The molecule has 0 rings (SSSR count). The van der Waals surface area contributed by atoms with Gasteiger partial charge in [-0.25, -0.2) is 4.79 Å². The van der Waals surface area contributed by atoms with E-state index in [1.807, 2.05) is 0 Å². The summed E-state index contributed by atoms with van der Waals surface area (Å²) < 4.78 is 4.56. The lowest BCUT2D eigenvalue weighted by Gasteiger charge is -1.93. The zero-order valence-corrected chi connectivity index (χ0v) is 6.13. The maximum Gasteiger partial charge on any atom is 0.416 e. The van der Waals surface area contributed by atoms with Gasteiger partial charge in [0.15, 0.2) is 0 Å². The molecule has 0 aromatic carbocycles. The predicted molar refractivity (Wildman–Crippen MR) is 35.6 cm³/mol. The molecule has 0 heterocycles. The Balaban J connectivity index is 4.04. The van der Waals surface area contributed by atoms with E-state index in [9.17, 15) is 4.79 Å². The smallest absolute Gasteiger partial charge is 0.416 e. The minimum Gasteiger partial charge on any atom is -0.457 e. The molecule has 0 spiro atoms. The summed E-state index contributed by atoms with van der Waals surface area (Å²) in [6.45, 7) is 3.71. The molecule has 0 aliphatic carbocycles. The molecule has 0 aromatic rings. The number of ether oxygens (including phenoxy) is 1. The van der Waals surface area contributed by atoms with Gasteiger partial charge in [0.2, 0.25) is 0 Å². The lowest BCUT2D eigenvalue weighted by molar-refractivity contribution is -0.140. The number of esters is 1. The largest absolute Gasteiger partial charge is 0.457 e. The Hall–Kier alpha value is -1.15. The van der Waals surface area contributed by atoms with Crippen LogP contribution in [0.15, 0.2) is 0 Å². The van der Waals surface area contributed by atoms with Crippen molar-refractivity contribution in [2.45, 2.75) is 20.3 Å². The first-order valence-electron chi connectivity index (χ1n) is 3.14. The van der Waals surface area contributed by atoms with E-state index in [4.69, 9.17) is 5.53 Å². The summed E-state index contributed by atoms with van der Waals surface area (Å²) >= 11 is 0. The molecule has 4 nitrogen and oxygen atoms in total. The number of hydrogen-bond acceptors (Lipinski definition) is 2. The van der Waals surface area contributed by atoms with Crippen LogP contribution in [0.2, 0.25) is 0 Å². The summed E-state index contributed by atoms with van der Waals surface area (Å²) in [5.41, 5.74) is 8.27. The van der Waals surface area contributed by atoms with Crippen molar-refractivity contribution in [2.75, 3.05) is 6.61 Å². The minimum absolute atomic E-state index is 0.0573. The Labute approximate surface area is 59.4 Å². The summed E-state index contributed by atoms with van der Waals surface area (Å²) in [6, 6.07) is 0. The molecule has 0 bridgehead atoms. The molecule has 0 radical (unpaired) electrons. The average molecular weight is 142 g/mol. The normalized spacial score (nSPS) is 8.20. The number of hydrogen-bond donors (Lipinski definition) is 0. The molecule has 0 N–H and O–H groups in total. The molecule has 0 aliphatic rings. The number of rotatable bonds is 3. The van der Waals surface area contributed by atoms with Crippen molar-refractivity contribution in [2.24, 2.45) is 0 Å². The molecule has 0 saturated carbocycles. The minimum atomic E-state index is -0.549. The quantitative estimate of drug-likeness (QED) is 0.251. The Morgan fingerprint density at radius 2 is 2.20 bits per heavy atom. The van der Waals surface area contributed by atoms with Crippen LogP contribution < -0.4 is 0 Å². The van der Waals surface area contributed by atoms with Gasteiger partial charge in [-0.3, -0.25) is 0 Å². The Kier molecular flexibility index (Phi) is 4.16. The van der Waals surface area contributed by atoms with Gasteiger partial charge in [-0.1, -0.05) is 6.92 Å². The highest BCUT2D eigenvalue weighted by molar-refractivity contribution is 6.33. The third kappa shape index (κ3) is 2.42. The van der Waals surface area contributed by atoms with E-state index < -0.39 is 5.97 Å². The molecular weight excluding hydrogens is 132 g/mol. The highest BCUT2D eigenvalue weighted by Gasteiger charge is 2.17. The van der Waals surface area contributed by atoms with Crippen LogP contribution in [0, 0.1) is 0 Å². The fraction of sp³-hybridized carbons (Fsp3) is 0.667. The maximum atomic E-state index is 10.7. The molecular formula is C6H10N2O2. The van der Waals surface area contributed by atoms with E-state index in [0.29, 0.717) is 13.0 Å². The third-order valence-electron chi connectivity index (χ3n) is 0.967. The van der Waals surface area contributed by atoms with Gasteiger partial charge in [-0.15, -0.1) is 0 Å². The van der Waals surface area contributed by atoms with Crippen molar-refractivity contribution < 1.29 is 14.3 Å². The molecule has 0 saturated heterocycles. The molecule has 4 heteroatoms. The van der Waals surface area contributed by atoms with Crippen molar-refractivity contribution >= 4 is 11.7 Å². The van der Waals surface area contributed by atoms with Crippen molar-refractivity contribution in [3.63, 3.8) is 0 Å². The molecule has 0 aromatic heterocycles. The van der Waals surface area contributed by atoms with Gasteiger partial charge >= 0.3 is 11.7 Å². The Bertz CT molecular complexity index is 171. The second-order valence-electron chi connectivity index (χ2n) is 1.62. The molecule has 10 heavy (non-hydrogen) atoms. The van der Waals surface area contributed by atoms with Crippen LogP contribution in [0.1, 0.15) is 20.3 Å². The van der Waals surface area contributed by atoms with E-state index in [0.717, 1.165) is 0 Å². The van der Waals surface area contributed by atoms with Gasteiger partial charge in [-0.05, 0) is 6.92 Å². The first-order chi connectivity index (χ1) is 4.76. The zero-order valence-electron chi connectivity index (χ0n) is 6.13. The monoisotopic (exact) mass is 142 g/mol. The van der Waals surface area contributed by atoms with Crippen molar-refractivity contribution in [1.82, 2.24) is 0 Å². The van der Waals surface area contributed by atoms with Gasteiger partial charge in [-0.2, -0.15) is 4.79 Å². The summed E-state index contributed by atoms with van der Waals surface area (Å²) in [5, 5.41) is 0. The summed E-state index contributed by atoms with van der Waals surface area (Å²) in [7, 11) is 0. The van der Waals surface area contributed by atoms with Crippen LogP contribution in [0.5, 0.6) is 0 Å². The molecule has 0 unspecified atom stereocenters. The fourth-order valence-corrected chi connectivity index (χ4v) is 0.470. The zero-order chi connectivity index (χ0) is 7.98. The lowest BCUT2D eigenvalue weighted by Crippen LogP contribution is -2.17. The molecule has 56 valence electrons. The van der Waals surface area contributed by atoms with Crippen LogP contribution in [0.4, 0.5) is 0 Å². The van der Waals surface area contributed by atoms with E-state index in [1.54, 1.807) is 13.8 Å². The fourth-order valence-electron chi connectivity index (χ4n) is 0.470. The van der Waals surface area contributed by atoms with E-state index in [2.05, 4.69) is 9.53 Å². The standard InChI is InChI=1S/C6H10N2O2/c1-3-5(8-7)6(9)10-4-2/h3-4H2,1-2H3. The van der Waals surface area contributed by atoms with Crippen LogP contribution in [0.3, 0.4) is 0 Å². The lowest BCUT2D eigenvalue weighted by atomic mass is 10.3. The molecule has 0 aliphatic heterocycles. The highest BCUT2D eigenvalue weighted by Crippen LogP contribution is 1.85.